The minimum atomic E-state index is 0.147. The van der Waals surface area contributed by atoms with Crippen LogP contribution in [0.25, 0.3) is 21.5 Å². The van der Waals surface area contributed by atoms with Crippen LogP contribution < -0.4 is 21.1 Å². The van der Waals surface area contributed by atoms with E-state index in [-0.39, 0.29) is 5.95 Å². The highest BCUT2D eigenvalue weighted by molar-refractivity contribution is 7.21. The highest BCUT2D eigenvalue weighted by Crippen LogP contribution is 2.35. The number of nitrogen functional groups attached to an aromatic ring is 2. The number of nitriles is 1. The molecule has 0 spiro atoms. The molecule has 0 bridgehead atoms. The summed E-state index contributed by atoms with van der Waals surface area (Å²) in [6.45, 7) is 5.34. The van der Waals surface area contributed by atoms with E-state index >= 15 is 0 Å². The maximum absolute atomic E-state index is 9.66. The Morgan fingerprint density at radius 1 is 1.12 bits per heavy atom. The highest BCUT2D eigenvalue weighted by atomic mass is 32.1. The fraction of sp³-hybridized carbons (Fsp3) is 0.227. The Morgan fingerprint density at radius 2 is 1.97 bits per heavy atom. The molecule has 0 atom stereocenters. The molecule has 0 unspecified atom stereocenters. The van der Waals surface area contributed by atoms with Crippen LogP contribution in [-0.4, -0.2) is 33.1 Å². The Morgan fingerprint density at radius 3 is 2.78 bits per heavy atom. The topological polar surface area (TPSA) is 140 Å². The van der Waals surface area contributed by atoms with E-state index in [0.29, 0.717) is 41.9 Å². The summed E-state index contributed by atoms with van der Waals surface area (Å²) in [4.78, 5) is 20.2. The number of aromatic nitrogens is 4. The van der Waals surface area contributed by atoms with Crippen molar-refractivity contribution in [2.75, 3.05) is 29.5 Å². The summed E-state index contributed by atoms with van der Waals surface area (Å²) in [5.41, 5.74) is 17.5. The van der Waals surface area contributed by atoms with Gasteiger partial charge in [0, 0.05) is 23.9 Å². The molecule has 4 aromatic rings. The molecule has 0 radical (unpaired) electrons. The summed E-state index contributed by atoms with van der Waals surface area (Å²) in [7, 11) is 0. The Kier molecular flexibility index (Phi) is 4.75. The van der Waals surface area contributed by atoms with Gasteiger partial charge in [0.2, 0.25) is 5.95 Å². The van der Waals surface area contributed by atoms with Crippen molar-refractivity contribution in [3.05, 3.63) is 46.8 Å². The minimum absolute atomic E-state index is 0.147. The summed E-state index contributed by atoms with van der Waals surface area (Å²) in [5.74, 6) is 1.52. The van der Waals surface area contributed by atoms with E-state index in [2.05, 4.69) is 38.1 Å². The molecule has 1 aromatic carbocycles. The summed E-state index contributed by atoms with van der Waals surface area (Å²) in [6.07, 6.45) is 1.83. The average molecular weight is 445 g/mol. The number of thiazole rings is 1. The van der Waals surface area contributed by atoms with Crippen LogP contribution >= 0.6 is 11.3 Å². The van der Waals surface area contributed by atoms with Crippen LogP contribution in [0.3, 0.4) is 0 Å². The van der Waals surface area contributed by atoms with Gasteiger partial charge in [0.15, 0.2) is 10.9 Å². The number of pyridine rings is 1. The molecule has 9 nitrogen and oxygen atoms in total. The van der Waals surface area contributed by atoms with Crippen LogP contribution in [0, 0.1) is 25.2 Å². The van der Waals surface area contributed by atoms with E-state index in [1.54, 1.807) is 6.92 Å². The number of benzene rings is 1. The molecule has 5 rings (SSSR count). The van der Waals surface area contributed by atoms with Crippen molar-refractivity contribution in [2.45, 2.75) is 20.4 Å². The van der Waals surface area contributed by atoms with Crippen LogP contribution in [-0.2, 0) is 6.54 Å². The van der Waals surface area contributed by atoms with Gasteiger partial charge in [-0.15, -0.1) is 0 Å². The molecule has 0 aliphatic carbocycles. The van der Waals surface area contributed by atoms with Crippen LogP contribution in [0.1, 0.15) is 22.4 Å². The Labute approximate surface area is 188 Å². The molecule has 1 aliphatic rings. The predicted octanol–water partition coefficient (Wildman–Crippen LogP) is 3.20. The fourth-order valence-corrected chi connectivity index (χ4v) is 4.65. The fourth-order valence-electron chi connectivity index (χ4n) is 4.00. The zero-order valence-corrected chi connectivity index (χ0v) is 18.4. The van der Waals surface area contributed by atoms with Gasteiger partial charge in [-0.25, -0.2) is 15.0 Å². The van der Waals surface area contributed by atoms with Crippen molar-refractivity contribution in [2.24, 2.45) is 0 Å². The van der Waals surface area contributed by atoms with Gasteiger partial charge in [0.25, 0.3) is 0 Å². The molecular weight excluding hydrogens is 424 g/mol. The molecule has 0 amide bonds. The second kappa shape index (κ2) is 7.62. The van der Waals surface area contributed by atoms with Crippen molar-refractivity contribution in [1.82, 2.24) is 19.9 Å². The molecule has 4 heterocycles. The lowest BCUT2D eigenvalue weighted by molar-refractivity contribution is 0.329. The molecule has 0 fully saturated rings. The summed E-state index contributed by atoms with van der Waals surface area (Å²) in [5, 5.41) is 10.2. The van der Waals surface area contributed by atoms with Gasteiger partial charge in [-0.05, 0) is 43.2 Å². The molecular formula is C22H20N8OS. The molecule has 0 saturated carbocycles. The van der Waals surface area contributed by atoms with Crippen molar-refractivity contribution in [1.29, 1.82) is 5.26 Å². The lowest BCUT2D eigenvalue weighted by atomic mass is 9.99. The van der Waals surface area contributed by atoms with Gasteiger partial charge in [-0.1, -0.05) is 11.3 Å². The molecule has 160 valence electrons. The lowest BCUT2D eigenvalue weighted by Crippen LogP contribution is -2.28. The maximum atomic E-state index is 9.66. The molecule has 10 heteroatoms. The summed E-state index contributed by atoms with van der Waals surface area (Å²) in [6, 6.07) is 8.38. The number of rotatable bonds is 2. The highest BCUT2D eigenvalue weighted by Gasteiger charge is 2.23. The monoisotopic (exact) mass is 444 g/mol. The van der Waals surface area contributed by atoms with Gasteiger partial charge in [-0.3, -0.25) is 0 Å². The first kappa shape index (κ1) is 20.0. The normalized spacial score (nSPS) is 13.3. The minimum Gasteiger partial charge on any atom is -0.491 e. The number of fused-ring (bicyclic) bond motifs is 2. The smallest absolute Gasteiger partial charge is 0.222 e. The molecule has 0 saturated heterocycles. The standard InChI is InChI=1S/C22H20N8OS/c1-11-5-13(14-7-17-20(26-9-14)32-22(25)28-17)6-15-10-30(3-4-31-18(11)15)19-16(8-23)12(2)27-21(24)29-19/h5-7,9H,3-4,10H2,1-2H3,(H2,25,28)(H2,24,27,29). The molecule has 1 aliphatic heterocycles. The number of ether oxygens (including phenoxy) is 1. The van der Waals surface area contributed by atoms with Crippen molar-refractivity contribution >= 4 is 38.6 Å². The third kappa shape index (κ3) is 3.42. The van der Waals surface area contributed by atoms with Gasteiger partial charge in [-0.2, -0.15) is 10.2 Å². The maximum Gasteiger partial charge on any atom is 0.222 e. The lowest BCUT2D eigenvalue weighted by Gasteiger charge is -2.23. The first-order chi connectivity index (χ1) is 15.4. The molecule has 32 heavy (non-hydrogen) atoms. The first-order valence-corrected chi connectivity index (χ1v) is 10.8. The van der Waals surface area contributed by atoms with E-state index in [9.17, 15) is 5.26 Å². The second-order valence-corrected chi connectivity index (χ2v) is 8.64. The third-order valence-electron chi connectivity index (χ3n) is 5.42. The zero-order chi connectivity index (χ0) is 22.4. The predicted molar refractivity (Wildman–Crippen MR) is 124 cm³/mol. The van der Waals surface area contributed by atoms with Gasteiger partial charge >= 0.3 is 0 Å². The van der Waals surface area contributed by atoms with Gasteiger partial charge in [0.05, 0.1) is 12.2 Å². The first-order valence-electron chi connectivity index (χ1n) is 10.0. The SMILES string of the molecule is Cc1cc(-c2cnc3sc(N)nc3c2)cc2c1OCCN(c1nc(N)nc(C)c1C#N)C2. The van der Waals surface area contributed by atoms with E-state index in [4.69, 9.17) is 16.2 Å². The van der Waals surface area contributed by atoms with Crippen molar-refractivity contribution in [3.63, 3.8) is 0 Å². The third-order valence-corrected chi connectivity index (χ3v) is 6.23. The number of nitrogens with two attached hydrogens (primary N) is 2. The molecule has 3 aromatic heterocycles. The number of hydrogen-bond acceptors (Lipinski definition) is 10. The van der Waals surface area contributed by atoms with Crippen molar-refractivity contribution in [3.8, 4) is 22.9 Å². The van der Waals surface area contributed by atoms with E-state index in [0.717, 1.165) is 38.4 Å². The van der Waals surface area contributed by atoms with Crippen LogP contribution in [0.4, 0.5) is 16.9 Å². The second-order valence-electron chi connectivity index (χ2n) is 7.63. The quantitative estimate of drug-likeness (QED) is 0.477. The van der Waals surface area contributed by atoms with E-state index in [1.165, 1.54) is 11.3 Å². The van der Waals surface area contributed by atoms with Crippen LogP contribution in [0.15, 0.2) is 24.4 Å². The Hall–Kier alpha value is -3.97. The molecule has 4 N–H and O–H groups in total. The largest absolute Gasteiger partial charge is 0.491 e. The number of nitrogens with zero attached hydrogens (tertiary/aromatic N) is 6. The Balaban J connectivity index is 1.58. The zero-order valence-electron chi connectivity index (χ0n) is 17.6. The average Bonchev–Trinajstić information content (AvgIpc) is 2.98. The number of hydrogen-bond donors (Lipinski definition) is 2. The summed E-state index contributed by atoms with van der Waals surface area (Å²) >= 11 is 1.37. The van der Waals surface area contributed by atoms with Crippen LogP contribution in [0.5, 0.6) is 5.75 Å². The number of aryl methyl sites for hydroxylation is 2. The van der Waals surface area contributed by atoms with Gasteiger partial charge < -0.3 is 21.1 Å². The Bertz CT molecular complexity index is 1410. The van der Waals surface area contributed by atoms with Gasteiger partial charge in [0.1, 0.15) is 34.3 Å². The van der Waals surface area contributed by atoms with E-state index in [1.807, 2.05) is 24.1 Å². The van der Waals surface area contributed by atoms with Crippen LogP contribution in [0.2, 0.25) is 0 Å². The van der Waals surface area contributed by atoms with Crippen molar-refractivity contribution < 1.29 is 4.74 Å². The number of anilines is 3. The summed E-state index contributed by atoms with van der Waals surface area (Å²) < 4.78 is 6.09. The van der Waals surface area contributed by atoms with E-state index < -0.39 is 0 Å².